The molecule has 1 aliphatic carbocycles. The van der Waals surface area contributed by atoms with Crippen molar-refractivity contribution >= 4 is 17.7 Å². The van der Waals surface area contributed by atoms with E-state index in [1.54, 1.807) is 0 Å². The number of likely N-dealkylation sites (tertiary alicyclic amines) is 1. The highest BCUT2D eigenvalue weighted by atomic mass is 16.2. The van der Waals surface area contributed by atoms with Crippen molar-refractivity contribution in [2.24, 2.45) is 5.92 Å². The van der Waals surface area contributed by atoms with Crippen LogP contribution in [0.3, 0.4) is 0 Å². The molecule has 5 nitrogen and oxygen atoms in total. The molecule has 0 radical (unpaired) electrons. The molecule has 0 bridgehead atoms. The summed E-state index contributed by atoms with van der Waals surface area (Å²) in [5.41, 5.74) is 2.55. The van der Waals surface area contributed by atoms with Crippen molar-refractivity contribution in [2.75, 3.05) is 13.1 Å². The summed E-state index contributed by atoms with van der Waals surface area (Å²) in [6, 6.07) is 8.57. The summed E-state index contributed by atoms with van der Waals surface area (Å²) in [6.45, 7) is 5.26. The molecule has 3 amide bonds. The first-order valence-electron chi connectivity index (χ1n) is 9.18. The summed E-state index contributed by atoms with van der Waals surface area (Å²) in [7, 11) is 0. The van der Waals surface area contributed by atoms with Crippen molar-refractivity contribution in [1.29, 1.82) is 0 Å². The van der Waals surface area contributed by atoms with Crippen LogP contribution < -0.4 is 5.32 Å². The second kappa shape index (κ2) is 7.38. The zero-order valence-corrected chi connectivity index (χ0v) is 15.0. The maximum Gasteiger partial charge on any atom is 0.229 e. The van der Waals surface area contributed by atoms with Crippen LogP contribution in [-0.4, -0.2) is 35.7 Å². The molecule has 1 aromatic rings. The zero-order valence-electron chi connectivity index (χ0n) is 15.0. The second-order valence-electron chi connectivity index (χ2n) is 7.35. The van der Waals surface area contributed by atoms with E-state index in [1.807, 2.05) is 0 Å². The van der Waals surface area contributed by atoms with Crippen molar-refractivity contribution in [3.05, 3.63) is 35.4 Å². The number of amides is 3. The van der Waals surface area contributed by atoms with Crippen molar-refractivity contribution in [3.63, 3.8) is 0 Å². The fraction of sp³-hybridized carbons (Fsp3) is 0.550. The van der Waals surface area contributed by atoms with Gasteiger partial charge in [-0.25, -0.2) is 0 Å². The van der Waals surface area contributed by atoms with Gasteiger partial charge in [0, 0.05) is 31.8 Å². The summed E-state index contributed by atoms with van der Waals surface area (Å²) in [4.78, 5) is 36.6. The van der Waals surface area contributed by atoms with Gasteiger partial charge in [-0.1, -0.05) is 38.1 Å². The van der Waals surface area contributed by atoms with Gasteiger partial charge in [0.15, 0.2) is 0 Å². The predicted molar refractivity (Wildman–Crippen MR) is 95.0 cm³/mol. The molecule has 2 atom stereocenters. The number of nitrogens with zero attached hydrogens (tertiary/aromatic N) is 1. The van der Waals surface area contributed by atoms with Gasteiger partial charge in [0.2, 0.25) is 17.7 Å². The first kappa shape index (κ1) is 17.6. The Kier molecular flexibility index (Phi) is 5.21. The molecule has 1 saturated carbocycles. The van der Waals surface area contributed by atoms with Crippen LogP contribution in [0, 0.1) is 5.92 Å². The number of benzene rings is 1. The quantitative estimate of drug-likeness (QED) is 0.612. The average molecular weight is 342 g/mol. The Morgan fingerprint density at radius 3 is 2.40 bits per heavy atom. The van der Waals surface area contributed by atoms with E-state index in [0.29, 0.717) is 44.2 Å². The lowest BCUT2D eigenvalue weighted by molar-refractivity contribution is -0.138. The predicted octanol–water partition coefficient (Wildman–Crippen LogP) is 2.57. The van der Waals surface area contributed by atoms with Gasteiger partial charge in [-0.05, 0) is 35.8 Å². The molecule has 3 rings (SSSR count). The second-order valence-corrected chi connectivity index (χ2v) is 7.35. The Bertz CT molecular complexity index is 650. The highest BCUT2D eigenvalue weighted by Crippen LogP contribution is 2.47. The summed E-state index contributed by atoms with van der Waals surface area (Å²) in [5.74, 6) is 0.786. The molecule has 25 heavy (non-hydrogen) atoms. The number of rotatable bonds is 7. The monoisotopic (exact) mass is 342 g/mol. The maximum absolute atomic E-state index is 12.2. The number of imide groups is 1. The lowest BCUT2D eigenvalue weighted by atomic mass is 10.00. The maximum atomic E-state index is 12.2. The van der Waals surface area contributed by atoms with Gasteiger partial charge in [-0.2, -0.15) is 0 Å². The molecular weight excluding hydrogens is 316 g/mol. The van der Waals surface area contributed by atoms with E-state index in [1.165, 1.54) is 16.0 Å². The van der Waals surface area contributed by atoms with Crippen LogP contribution in [0.15, 0.2) is 24.3 Å². The number of hydrogen-bond donors (Lipinski definition) is 1. The SMILES string of the molecule is CC(C)c1ccc([C@@H]2C[C@H]2C(=O)NCCCN2C(=O)CCC2=O)cc1. The van der Waals surface area contributed by atoms with Gasteiger partial charge in [0.05, 0.1) is 0 Å². The van der Waals surface area contributed by atoms with Gasteiger partial charge < -0.3 is 5.32 Å². The lowest BCUT2D eigenvalue weighted by Crippen LogP contribution is -2.33. The minimum Gasteiger partial charge on any atom is -0.356 e. The van der Waals surface area contributed by atoms with Crippen molar-refractivity contribution < 1.29 is 14.4 Å². The minimum atomic E-state index is -0.0940. The third-order valence-electron chi connectivity index (χ3n) is 5.17. The molecule has 2 aliphatic rings. The normalized spacial score (nSPS) is 22.6. The van der Waals surface area contributed by atoms with E-state index in [0.717, 1.165) is 6.42 Å². The van der Waals surface area contributed by atoms with Crippen LogP contribution in [0.25, 0.3) is 0 Å². The lowest BCUT2D eigenvalue weighted by Gasteiger charge is -2.13. The first-order valence-corrected chi connectivity index (χ1v) is 9.18. The molecule has 1 heterocycles. The van der Waals surface area contributed by atoms with Crippen LogP contribution in [0.5, 0.6) is 0 Å². The number of hydrogen-bond acceptors (Lipinski definition) is 3. The Morgan fingerprint density at radius 1 is 1.16 bits per heavy atom. The van der Waals surface area contributed by atoms with Gasteiger partial charge in [0.25, 0.3) is 0 Å². The molecule has 1 saturated heterocycles. The summed E-state index contributed by atoms with van der Waals surface area (Å²) < 4.78 is 0. The molecule has 0 aromatic heterocycles. The van der Waals surface area contributed by atoms with Crippen molar-refractivity contribution in [2.45, 2.75) is 51.4 Å². The standard InChI is InChI=1S/C20H26N2O3/c1-13(2)14-4-6-15(7-5-14)16-12-17(16)20(25)21-10-3-11-22-18(23)8-9-19(22)24/h4-7,13,16-17H,3,8-12H2,1-2H3,(H,21,25)/t16-,17+/m0/s1. The van der Waals surface area contributed by atoms with Gasteiger partial charge in [-0.15, -0.1) is 0 Å². The highest BCUT2D eigenvalue weighted by molar-refractivity contribution is 6.01. The van der Waals surface area contributed by atoms with E-state index in [2.05, 4.69) is 43.4 Å². The third kappa shape index (κ3) is 4.09. The van der Waals surface area contributed by atoms with Gasteiger partial charge in [0.1, 0.15) is 0 Å². The molecule has 2 fully saturated rings. The molecule has 134 valence electrons. The van der Waals surface area contributed by atoms with Crippen LogP contribution in [0.1, 0.15) is 62.5 Å². The zero-order chi connectivity index (χ0) is 18.0. The van der Waals surface area contributed by atoms with Crippen LogP contribution >= 0.6 is 0 Å². The van der Waals surface area contributed by atoms with Gasteiger partial charge >= 0.3 is 0 Å². The fourth-order valence-corrected chi connectivity index (χ4v) is 3.43. The number of nitrogens with one attached hydrogen (secondary N) is 1. The van der Waals surface area contributed by atoms with E-state index in [9.17, 15) is 14.4 Å². The van der Waals surface area contributed by atoms with Gasteiger partial charge in [-0.3, -0.25) is 19.3 Å². The van der Waals surface area contributed by atoms with Crippen LogP contribution in [0.4, 0.5) is 0 Å². The highest BCUT2D eigenvalue weighted by Gasteiger charge is 2.43. The smallest absolute Gasteiger partial charge is 0.229 e. The molecule has 1 N–H and O–H groups in total. The molecule has 1 aliphatic heterocycles. The number of carbonyl (C=O) groups excluding carboxylic acids is 3. The summed E-state index contributed by atoms with van der Waals surface area (Å²) in [5, 5.41) is 2.94. The molecular formula is C20H26N2O3. The molecule has 0 spiro atoms. The average Bonchev–Trinajstić information content (AvgIpc) is 3.34. The Hall–Kier alpha value is -2.17. The fourth-order valence-electron chi connectivity index (χ4n) is 3.43. The Labute approximate surface area is 148 Å². The summed E-state index contributed by atoms with van der Waals surface area (Å²) in [6.07, 6.45) is 2.16. The number of carbonyl (C=O) groups is 3. The Morgan fingerprint density at radius 2 is 1.80 bits per heavy atom. The Balaban J connectivity index is 1.40. The van der Waals surface area contributed by atoms with E-state index in [-0.39, 0.29) is 23.6 Å². The largest absolute Gasteiger partial charge is 0.356 e. The minimum absolute atomic E-state index is 0.0555. The van der Waals surface area contributed by atoms with E-state index < -0.39 is 0 Å². The summed E-state index contributed by atoms with van der Waals surface area (Å²) >= 11 is 0. The van der Waals surface area contributed by atoms with Crippen molar-refractivity contribution in [1.82, 2.24) is 10.2 Å². The van der Waals surface area contributed by atoms with Crippen LogP contribution in [0.2, 0.25) is 0 Å². The first-order chi connectivity index (χ1) is 12.0. The molecule has 0 unspecified atom stereocenters. The van der Waals surface area contributed by atoms with Crippen molar-refractivity contribution in [3.8, 4) is 0 Å². The van der Waals surface area contributed by atoms with Crippen LogP contribution in [-0.2, 0) is 14.4 Å². The van der Waals surface area contributed by atoms with E-state index in [4.69, 9.17) is 0 Å². The molecule has 1 aromatic carbocycles. The third-order valence-corrected chi connectivity index (χ3v) is 5.17. The van der Waals surface area contributed by atoms with E-state index >= 15 is 0 Å². The molecule has 5 heteroatoms. The topological polar surface area (TPSA) is 66.5 Å².